The molecule has 2 aromatic rings. The van der Waals surface area contributed by atoms with Crippen molar-refractivity contribution in [3.8, 4) is 5.75 Å². The Bertz CT molecular complexity index is 928. The molecule has 2 atom stereocenters. The fourth-order valence-electron chi connectivity index (χ4n) is 3.85. The lowest BCUT2D eigenvalue weighted by Crippen LogP contribution is -2.35. The van der Waals surface area contributed by atoms with Crippen LogP contribution >= 0.6 is 0 Å². The molecule has 2 aliphatic rings. The van der Waals surface area contributed by atoms with Crippen LogP contribution in [0, 0.1) is 5.92 Å². The molecule has 1 fully saturated rings. The minimum Gasteiger partial charge on any atom is -0.406 e. The molecule has 1 saturated heterocycles. The minimum absolute atomic E-state index is 0.129. The number of carbonyl (C=O) groups excluding carboxylic acids is 1. The van der Waals surface area contributed by atoms with Gasteiger partial charge in [-0.2, -0.15) is 0 Å². The molecule has 0 aromatic heterocycles. The lowest BCUT2D eigenvalue weighted by Gasteiger charge is -2.25. The smallest absolute Gasteiger partial charge is 0.406 e. The van der Waals surface area contributed by atoms with Gasteiger partial charge < -0.3 is 20.1 Å². The highest BCUT2D eigenvalue weighted by atomic mass is 19.4. The first-order valence-electron chi connectivity index (χ1n) is 9.14. The van der Waals surface area contributed by atoms with Crippen LogP contribution in [-0.2, 0) is 4.79 Å². The van der Waals surface area contributed by atoms with Crippen molar-refractivity contribution in [2.24, 2.45) is 5.92 Å². The van der Waals surface area contributed by atoms with Gasteiger partial charge in [-0.3, -0.25) is 4.79 Å². The first-order chi connectivity index (χ1) is 13.7. The third kappa shape index (κ3) is 4.22. The van der Waals surface area contributed by atoms with Crippen LogP contribution < -0.4 is 15.0 Å². The Labute approximate surface area is 165 Å². The van der Waals surface area contributed by atoms with E-state index in [9.17, 15) is 23.1 Å². The first-order valence-corrected chi connectivity index (χ1v) is 9.14. The van der Waals surface area contributed by atoms with Gasteiger partial charge in [-0.1, -0.05) is 18.2 Å². The number of amides is 1. The molecule has 2 N–H and O–H groups in total. The van der Waals surface area contributed by atoms with Gasteiger partial charge in [-0.25, -0.2) is 0 Å². The molecule has 0 radical (unpaired) electrons. The summed E-state index contributed by atoms with van der Waals surface area (Å²) in [6.07, 6.45) is -2.75. The normalized spacial score (nSPS) is 23.7. The van der Waals surface area contributed by atoms with Crippen molar-refractivity contribution in [3.05, 3.63) is 66.2 Å². The number of benzene rings is 2. The Morgan fingerprint density at radius 2 is 1.83 bits per heavy atom. The number of hydrogen-bond donors (Lipinski definition) is 2. The van der Waals surface area contributed by atoms with E-state index in [-0.39, 0.29) is 24.1 Å². The monoisotopic (exact) mass is 404 g/mol. The molecule has 4 rings (SSSR count). The highest BCUT2D eigenvalue weighted by Crippen LogP contribution is 2.41. The number of para-hydroxylation sites is 1. The van der Waals surface area contributed by atoms with Gasteiger partial charge in [-0.15, -0.1) is 13.2 Å². The number of halogens is 3. The number of fused-ring (bicyclic) bond motifs is 1. The van der Waals surface area contributed by atoms with Crippen LogP contribution in [0.1, 0.15) is 6.42 Å². The van der Waals surface area contributed by atoms with Crippen molar-refractivity contribution >= 4 is 17.3 Å². The fourth-order valence-corrected chi connectivity index (χ4v) is 3.85. The SMILES string of the molecule is O=C1C2=CC(O)(CNc3ccccc3)C[C@H]2CN1c1ccc(OC(F)(F)F)cc1. The average Bonchev–Trinajstić information content (AvgIpc) is 3.15. The second-order valence-electron chi connectivity index (χ2n) is 7.28. The van der Waals surface area contributed by atoms with Gasteiger partial charge in [-0.05, 0) is 48.9 Å². The molecule has 5 nitrogen and oxygen atoms in total. The number of rotatable bonds is 5. The third-order valence-electron chi connectivity index (χ3n) is 5.11. The van der Waals surface area contributed by atoms with Gasteiger partial charge in [0.2, 0.25) is 0 Å². The van der Waals surface area contributed by atoms with Gasteiger partial charge in [0.05, 0.1) is 0 Å². The van der Waals surface area contributed by atoms with Crippen LogP contribution in [0.4, 0.5) is 24.5 Å². The van der Waals surface area contributed by atoms with E-state index in [1.807, 2.05) is 30.3 Å². The van der Waals surface area contributed by atoms with Crippen LogP contribution in [-0.4, -0.2) is 36.1 Å². The van der Waals surface area contributed by atoms with Gasteiger partial charge in [0.25, 0.3) is 5.91 Å². The van der Waals surface area contributed by atoms with Crippen LogP contribution in [0.3, 0.4) is 0 Å². The van der Waals surface area contributed by atoms with E-state index < -0.39 is 12.0 Å². The number of nitrogens with zero attached hydrogens (tertiary/aromatic N) is 1. The average molecular weight is 404 g/mol. The maximum atomic E-state index is 12.8. The molecule has 1 aliphatic heterocycles. The lowest BCUT2D eigenvalue weighted by molar-refractivity contribution is -0.274. The summed E-state index contributed by atoms with van der Waals surface area (Å²) in [7, 11) is 0. The van der Waals surface area contributed by atoms with Crippen molar-refractivity contribution in [1.29, 1.82) is 0 Å². The van der Waals surface area contributed by atoms with E-state index in [1.54, 1.807) is 6.08 Å². The van der Waals surface area contributed by atoms with Crippen LogP contribution in [0.5, 0.6) is 5.75 Å². The van der Waals surface area contributed by atoms with Gasteiger partial charge in [0.1, 0.15) is 11.4 Å². The number of anilines is 2. The Morgan fingerprint density at radius 3 is 2.45 bits per heavy atom. The Kier molecular flexibility index (Phi) is 4.74. The van der Waals surface area contributed by atoms with E-state index in [4.69, 9.17) is 0 Å². The number of alkyl halides is 3. The van der Waals surface area contributed by atoms with Crippen LogP contribution in [0.15, 0.2) is 66.2 Å². The summed E-state index contributed by atoms with van der Waals surface area (Å²) in [5.41, 5.74) is 0.788. The number of nitrogens with one attached hydrogen (secondary N) is 1. The summed E-state index contributed by atoms with van der Waals surface area (Å²) in [5, 5.41) is 14.0. The molecule has 2 aromatic carbocycles. The van der Waals surface area contributed by atoms with Gasteiger partial charge in [0.15, 0.2) is 0 Å². The highest BCUT2D eigenvalue weighted by molar-refractivity contribution is 6.09. The first kappa shape index (κ1) is 19.3. The zero-order valence-corrected chi connectivity index (χ0v) is 15.3. The summed E-state index contributed by atoms with van der Waals surface area (Å²) in [6.45, 7) is 0.658. The molecule has 8 heteroatoms. The zero-order chi connectivity index (χ0) is 20.6. The molecule has 1 amide bonds. The van der Waals surface area contributed by atoms with E-state index >= 15 is 0 Å². The van der Waals surface area contributed by atoms with E-state index in [0.717, 1.165) is 5.69 Å². The highest BCUT2D eigenvalue weighted by Gasteiger charge is 2.46. The molecular formula is C21H19F3N2O3. The molecular weight excluding hydrogens is 385 g/mol. The quantitative estimate of drug-likeness (QED) is 0.798. The number of aliphatic hydroxyl groups is 1. The molecule has 29 heavy (non-hydrogen) atoms. The lowest BCUT2D eigenvalue weighted by atomic mass is 9.98. The zero-order valence-electron chi connectivity index (χ0n) is 15.3. The van der Waals surface area contributed by atoms with Crippen molar-refractivity contribution in [3.63, 3.8) is 0 Å². The predicted molar refractivity (Wildman–Crippen MR) is 102 cm³/mol. The number of ether oxygens (including phenoxy) is 1. The fraction of sp³-hybridized carbons (Fsp3) is 0.286. The summed E-state index contributed by atoms with van der Waals surface area (Å²) in [4.78, 5) is 14.3. The summed E-state index contributed by atoms with van der Waals surface area (Å²) >= 11 is 0. The second kappa shape index (κ2) is 7.11. The molecule has 152 valence electrons. The molecule has 1 unspecified atom stereocenters. The van der Waals surface area contributed by atoms with Crippen molar-refractivity contribution in [2.45, 2.75) is 18.4 Å². The predicted octanol–water partition coefficient (Wildman–Crippen LogP) is 3.72. The van der Waals surface area contributed by atoms with E-state index in [2.05, 4.69) is 10.1 Å². The standard InChI is InChI=1S/C21H19F3N2O3/c22-21(23,24)29-17-8-6-16(7-9-17)26-12-14-10-20(28,11-18(14)19(26)27)13-25-15-4-2-1-3-5-15/h1-9,11,14,25,28H,10,12-13H2/t14-,20?/m0/s1. The largest absolute Gasteiger partial charge is 0.573 e. The summed E-state index contributed by atoms with van der Waals surface area (Å²) in [6, 6.07) is 14.7. The number of hydrogen-bond acceptors (Lipinski definition) is 4. The third-order valence-corrected chi connectivity index (χ3v) is 5.11. The van der Waals surface area contributed by atoms with Crippen LogP contribution in [0.25, 0.3) is 0 Å². The Hall–Kier alpha value is -3.00. The summed E-state index contributed by atoms with van der Waals surface area (Å²) in [5.74, 6) is -0.708. The van der Waals surface area contributed by atoms with Crippen molar-refractivity contribution in [1.82, 2.24) is 0 Å². The van der Waals surface area contributed by atoms with Gasteiger partial charge >= 0.3 is 6.36 Å². The molecule has 0 bridgehead atoms. The number of carbonyl (C=O) groups is 1. The molecule has 0 saturated carbocycles. The summed E-state index contributed by atoms with van der Waals surface area (Å²) < 4.78 is 40.7. The maximum Gasteiger partial charge on any atom is 0.573 e. The molecule has 0 spiro atoms. The van der Waals surface area contributed by atoms with Crippen molar-refractivity contribution < 1.29 is 27.8 Å². The topological polar surface area (TPSA) is 61.8 Å². The maximum absolute atomic E-state index is 12.8. The minimum atomic E-state index is -4.76. The van der Waals surface area contributed by atoms with E-state index in [0.29, 0.717) is 24.2 Å². The second-order valence-corrected chi connectivity index (χ2v) is 7.28. The van der Waals surface area contributed by atoms with Crippen molar-refractivity contribution in [2.75, 3.05) is 23.3 Å². The van der Waals surface area contributed by atoms with E-state index in [1.165, 1.54) is 29.2 Å². The Morgan fingerprint density at radius 1 is 1.14 bits per heavy atom. The van der Waals surface area contributed by atoms with Crippen LogP contribution in [0.2, 0.25) is 0 Å². The Balaban J connectivity index is 1.43. The van der Waals surface area contributed by atoms with Gasteiger partial charge in [0, 0.05) is 36.0 Å². The molecule has 1 heterocycles. The molecule has 1 aliphatic carbocycles.